The molecule has 0 amide bonds. The molecular formula is C9H11N3O. The largest absolute Gasteiger partial charge is 0.268 e. The molecule has 4 heteroatoms. The minimum atomic E-state index is -0.205. The van der Waals surface area contributed by atoms with Crippen LogP contribution in [0.25, 0.3) is 0 Å². The van der Waals surface area contributed by atoms with E-state index in [4.69, 9.17) is 5.26 Å². The molecule has 0 spiro atoms. The molecule has 0 radical (unpaired) electrons. The van der Waals surface area contributed by atoms with Crippen LogP contribution in [-0.2, 0) is 6.54 Å². The lowest BCUT2D eigenvalue weighted by Crippen LogP contribution is -2.23. The first-order chi connectivity index (χ1) is 6.19. The van der Waals surface area contributed by atoms with Gasteiger partial charge in [0.05, 0.1) is 11.3 Å². The maximum absolute atomic E-state index is 11.3. The summed E-state index contributed by atoms with van der Waals surface area (Å²) in [6, 6.07) is 3.26. The standard InChI is InChI=1S/C9H11N3O/c1-3-4-12-9(13)5-8(6-10)7(2)11-12/h5H,3-4H2,1-2H3. The van der Waals surface area contributed by atoms with E-state index in [-0.39, 0.29) is 5.56 Å². The van der Waals surface area contributed by atoms with Crippen molar-refractivity contribution in [3.63, 3.8) is 0 Å². The molecule has 0 saturated heterocycles. The summed E-state index contributed by atoms with van der Waals surface area (Å²) in [5, 5.41) is 12.6. The molecule has 0 fully saturated rings. The van der Waals surface area contributed by atoms with Crippen LogP contribution in [0.4, 0.5) is 0 Å². The minimum Gasteiger partial charge on any atom is -0.268 e. The molecule has 1 heterocycles. The maximum atomic E-state index is 11.3. The zero-order chi connectivity index (χ0) is 9.84. The van der Waals surface area contributed by atoms with Crippen molar-refractivity contribution in [1.82, 2.24) is 9.78 Å². The lowest BCUT2D eigenvalue weighted by molar-refractivity contribution is 0.560. The van der Waals surface area contributed by atoms with Crippen LogP contribution < -0.4 is 5.56 Å². The predicted molar refractivity (Wildman–Crippen MR) is 48.2 cm³/mol. The van der Waals surface area contributed by atoms with Gasteiger partial charge in [-0.15, -0.1) is 0 Å². The Labute approximate surface area is 76.4 Å². The van der Waals surface area contributed by atoms with Gasteiger partial charge in [-0.3, -0.25) is 4.79 Å². The van der Waals surface area contributed by atoms with Crippen LogP contribution in [0, 0.1) is 18.3 Å². The molecule has 0 unspecified atom stereocenters. The highest BCUT2D eigenvalue weighted by atomic mass is 16.1. The molecule has 13 heavy (non-hydrogen) atoms. The molecule has 0 aliphatic heterocycles. The number of nitrogens with zero attached hydrogens (tertiary/aromatic N) is 3. The van der Waals surface area contributed by atoms with E-state index in [1.165, 1.54) is 10.7 Å². The predicted octanol–water partition coefficient (Wildman–Crippen LogP) is 0.833. The molecule has 0 bridgehead atoms. The van der Waals surface area contributed by atoms with Gasteiger partial charge >= 0.3 is 0 Å². The van der Waals surface area contributed by atoms with E-state index >= 15 is 0 Å². The van der Waals surface area contributed by atoms with Crippen molar-refractivity contribution < 1.29 is 0 Å². The number of nitriles is 1. The Balaban J connectivity index is 3.23. The van der Waals surface area contributed by atoms with E-state index in [9.17, 15) is 4.79 Å². The van der Waals surface area contributed by atoms with Crippen LogP contribution in [0.2, 0.25) is 0 Å². The monoisotopic (exact) mass is 177 g/mol. The molecule has 0 N–H and O–H groups in total. The second-order valence-corrected chi connectivity index (χ2v) is 2.82. The van der Waals surface area contributed by atoms with Crippen molar-refractivity contribution in [1.29, 1.82) is 5.26 Å². The Morgan fingerprint density at radius 3 is 2.92 bits per heavy atom. The zero-order valence-electron chi connectivity index (χ0n) is 7.74. The third-order valence-corrected chi connectivity index (χ3v) is 1.74. The van der Waals surface area contributed by atoms with Gasteiger partial charge in [0.25, 0.3) is 5.56 Å². The fourth-order valence-corrected chi connectivity index (χ4v) is 1.07. The first kappa shape index (κ1) is 9.46. The van der Waals surface area contributed by atoms with E-state index in [1.54, 1.807) is 6.92 Å². The summed E-state index contributed by atoms with van der Waals surface area (Å²) in [5.74, 6) is 0. The molecular weight excluding hydrogens is 166 g/mol. The fraction of sp³-hybridized carbons (Fsp3) is 0.444. The number of aromatic nitrogens is 2. The molecule has 1 rings (SSSR count). The smallest absolute Gasteiger partial charge is 0.268 e. The van der Waals surface area contributed by atoms with Gasteiger partial charge in [-0.05, 0) is 13.3 Å². The third-order valence-electron chi connectivity index (χ3n) is 1.74. The van der Waals surface area contributed by atoms with E-state index < -0.39 is 0 Å². The van der Waals surface area contributed by atoms with Gasteiger partial charge in [0, 0.05) is 12.6 Å². The van der Waals surface area contributed by atoms with Crippen LogP contribution in [0.1, 0.15) is 24.6 Å². The lowest BCUT2D eigenvalue weighted by atomic mass is 10.2. The Hall–Kier alpha value is -1.63. The molecule has 1 aromatic heterocycles. The highest BCUT2D eigenvalue weighted by Gasteiger charge is 2.02. The van der Waals surface area contributed by atoms with Crippen molar-refractivity contribution in [2.45, 2.75) is 26.8 Å². The Morgan fingerprint density at radius 1 is 1.69 bits per heavy atom. The van der Waals surface area contributed by atoms with E-state index in [0.29, 0.717) is 17.8 Å². The van der Waals surface area contributed by atoms with E-state index in [0.717, 1.165) is 6.42 Å². The van der Waals surface area contributed by atoms with Crippen molar-refractivity contribution in [2.24, 2.45) is 0 Å². The quantitative estimate of drug-likeness (QED) is 0.672. The summed E-state index contributed by atoms with van der Waals surface area (Å²) >= 11 is 0. The van der Waals surface area contributed by atoms with Gasteiger partial charge in [-0.2, -0.15) is 10.4 Å². The molecule has 0 aliphatic carbocycles. The van der Waals surface area contributed by atoms with E-state index in [1.807, 2.05) is 13.0 Å². The summed E-state index contributed by atoms with van der Waals surface area (Å²) in [5.41, 5.74) is 0.761. The number of rotatable bonds is 2. The van der Waals surface area contributed by atoms with Gasteiger partial charge in [-0.25, -0.2) is 4.68 Å². The highest BCUT2D eigenvalue weighted by Crippen LogP contribution is 1.97. The van der Waals surface area contributed by atoms with Gasteiger partial charge in [0.2, 0.25) is 0 Å². The average molecular weight is 177 g/mol. The molecule has 1 aromatic rings. The highest BCUT2D eigenvalue weighted by molar-refractivity contribution is 5.30. The Kier molecular flexibility index (Phi) is 2.80. The number of hydrogen-bond acceptors (Lipinski definition) is 3. The summed E-state index contributed by atoms with van der Waals surface area (Å²) in [6.07, 6.45) is 0.859. The lowest BCUT2D eigenvalue weighted by Gasteiger charge is -2.03. The molecule has 0 saturated carbocycles. The first-order valence-electron chi connectivity index (χ1n) is 4.18. The van der Waals surface area contributed by atoms with E-state index in [2.05, 4.69) is 5.10 Å². The molecule has 68 valence electrons. The molecule has 0 aromatic carbocycles. The summed E-state index contributed by atoms with van der Waals surface area (Å²) in [4.78, 5) is 11.3. The minimum absolute atomic E-state index is 0.205. The van der Waals surface area contributed by atoms with Gasteiger partial charge in [0.1, 0.15) is 6.07 Å². The molecule has 4 nitrogen and oxygen atoms in total. The van der Waals surface area contributed by atoms with Crippen LogP contribution in [0.15, 0.2) is 10.9 Å². The second-order valence-electron chi connectivity index (χ2n) is 2.82. The van der Waals surface area contributed by atoms with Crippen molar-refractivity contribution in [2.75, 3.05) is 0 Å². The second kappa shape index (κ2) is 3.85. The van der Waals surface area contributed by atoms with Gasteiger partial charge < -0.3 is 0 Å². The fourth-order valence-electron chi connectivity index (χ4n) is 1.07. The SMILES string of the molecule is CCCn1nc(C)c(C#N)cc1=O. The third kappa shape index (κ3) is 1.94. The van der Waals surface area contributed by atoms with Crippen LogP contribution in [0.3, 0.4) is 0 Å². The van der Waals surface area contributed by atoms with Crippen molar-refractivity contribution >= 4 is 0 Å². The average Bonchev–Trinajstić information content (AvgIpc) is 2.11. The zero-order valence-corrected chi connectivity index (χ0v) is 7.74. The molecule has 0 atom stereocenters. The number of hydrogen-bond donors (Lipinski definition) is 0. The number of aryl methyl sites for hydroxylation is 2. The Bertz CT molecular complexity index is 400. The van der Waals surface area contributed by atoms with Gasteiger partial charge in [0.15, 0.2) is 0 Å². The molecule has 0 aliphatic rings. The Morgan fingerprint density at radius 2 is 2.38 bits per heavy atom. The first-order valence-corrected chi connectivity index (χ1v) is 4.18. The van der Waals surface area contributed by atoms with Crippen LogP contribution in [0.5, 0.6) is 0 Å². The van der Waals surface area contributed by atoms with Crippen molar-refractivity contribution in [3.8, 4) is 6.07 Å². The van der Waals surface area contributed by atoms with Crippen LogP contribution in [-0.4, -0.2) is 9.78 Å². The van der Waals surface area contributed by atoms with Crippen LogP contribution >= 0.6 is 0 Å². The summed E-state index contributed by atoms with van der Waals surface area (Å²) < 4.78 is 1.39. The summed E-state index contributed by atoms with van der Waals surface area (Å²) in [7, 11) is 0. The van der Waals surface area contributed by atoms with Gasteiger partial charge in [-0.1, -0.05) is 6.92 Å². The normalized spacial score (nSPS) is 9.62. The maximum Gasteiger partial charge on any atom is 0.268 e. The topological polar surface area (TPSA) is 58.7 Å². The summed E-state index contributed by atoms with van der Waals surface area (Å²) in [6.45, 7) is 4.30. The van der Waals surface area contributed by atoms with Crippen molar-refractivity contribution in [3.05, 3.63) is 27.7 Å².